The predicted octanol–water partition coefficient (Wildman–Crippen LogP) is 3.22. The molecular formula is C16H11NO5. The molecule has 0 unspecified atom stereocenters. The predicted molar refractivity (Wildman–Crippen MR) is 79.0 cm³/mol. The molecule has 0 aliphatic carbocycles. The summed E-state index contributed by atoms with van der Waals surface area (Å²) in [7, 11) is 1.53. The van der Waals surface area contributed by atoms with Crippen LogP contribution < -0.4 is 9.47 Å². The van der Waals surface area contributed by atoms with E-state index in [0.717, 1.165) is 0 Å². The molecule has 1 heterocycles. The SMILES string of the molecule is COc1ccc2c(c1)OC(=Cc1cccc([N+](=O)[O-])c1)C2=O. The lowest BCUT2D eigenvalue weighted by atomic mass is 10.1. The molecule has 2 aromatic rings. The molecule has 2 aromatic carbocycles. The number of nitrogens with zero attached hydrogens (tertiary/aromatic N) is 1. The van der Waals surface area contributed by atoms with Gasteiger partial charge in [-0.3, -0.25) is 14.9 Å². The van der Waals surface area contributed by atoms with Crippen LogP contribution in [0.25, 0.3) is 6.08 Å². The molecule has 0 spiro atoms. The molecular weight excluding hydrogens is 286 g/mol. The molecule has 110 valence electrons. The van der Waals surface area contributed by atoms with Crippen LogP contribution in [0.5, 0.6) is 11.5 Å². The Kier molecular flexibility index (Phi) is 3.34. The van der Waals surface area contributed by atoms with Crippen molar-refractivity contribution >= 4 is 17.5 Å². The van der Waals surface area contributed by atoms with Crippen molar-refractivity contribution < 1.29 is 19.2 Å². The fourth-order valence-electron chi connectivity index (χ4n) is 2.17. The van der Waals surface area contributed by atoms with Crippen LogP contribution in [0.15, 0.2) is 48.2 Å². The third-order valence-corrected chi connectivity index (χ3v) is 3.26. The van der Waals surface area contributed by atoms with Gasteiger partial charge in [0, 0.05) is 18.2 Å². The number of rotatable bonds is 3. The molecule has 0 fully saturated rings. The van der Waals surface area contributed by atoms with Crippen molar-refractivity contribution in [3.63, 3.8) is 0 Å². The minimum absolute atomic E-state index is 0.0426. The molecule has 6 nitrogen and oxygen atoms in total. The second-order valence-electron chi connectivity index (χ2n) is 4.65. The monoisotopic (exact) mass is 297 g/mol. The minimum Gasteiger partial charge on any atom is -0.497 e. The maximum atomic E-state index is 12.3. The van der Waals surface area contributed by atoms with Crippen LogP contribution in [-0.2, 0) is 0 Å². The molecule has 6 heteroatoms. The van der Waals surface area contributed by atoms with Gasteiger partial charge in [0.1, 0.15) is 11.5 Å². The number of nitro benzene ring substituents is 1. The van der Waals surface area contributed by atoms with E-state index in [4.69, 9.17) is 9.47 Å². The second kappa shape index (κ2) is 5.33. The maximum absolute atomic E-state index is 12.3. The number of non-ortho nitro benzene ring substituents is 1. The lowest BCUT2D eigenvalue weighted by molar-refractivity contribution is -0.384. The largest absolute Gasteiger partial charge is 0.497 e. The number of hydrogen-bond donors (Lipinski definition) is 0. The van der Waals surface area contributed by atoms with Crippen LogP contribution in [0.1, 0.15) is 15.9 Å². The Morgan fingerprint density at radius 1 is 1.23 bits per heavy atom. The lowest BCUT2D eigenvalue weighted by Crippen LogP contribution is -1.98. The Morgan fingerprint density at radius 2 is 2.05 bits per heavy atom. The fourth-order valence-corrected chi connectivity index (χ4v) is 2.17. The molecule has 3 rings (SSSR count). The van der Waals surface area contributed by atoms with Gasteiger partial charge in [-0.2, -0.15) is 0 Å². The van der Waals surface area contributed by atoms with Crippen LogP contribution in [0.4, 0.5) is 5.69 Å². The highest BCUT2D eigenvalue weighted by Gasteiger charge is 2.27. The number of carbonyl (C=O) groups is 1. The Hall–Kier alpha value is -3.15. The van der Waals surface area contributed by atoms with E-state index >= 15 is 0 Å². The number of allylic oxidation sites excluding steroid dienone is 1. The molecule has 0 radical (unpaired) electrons. The molecule has 0 bridgehead atoms. The molecule has 0 N–H and O–H groups in total. The first kappa shape index (κ1) is 13.8. The smallest absolute Gasteiger partial charge is 0.270 e. The fraction of sp³-hybridized carbons (Fsp3) is 0.0625. The molecule has 0 aromatic heterocycles. The Bertz CT molecular complexity index is 810. The zero-order valence-electron chi connectivity index (χ0n) is 11.6. The van der Waals surface area contributed by atoms with Crippen LogP contribution in [-0.4, -0.2) is 17.8 Å². The zero-order valence-corrected chi connectivity index (χ0v) is 11.6. The topological polar surface area (TPSA) is 78.7 Å². The van der Waals surface area contributed by atoms with E-state index in [9.17, 15) is 14.9 Å². The minimum atomic E-state index is -0.487. The summed E-state index contributed by atoms with van der Waals surface area (Å²) in [5, 5.41) is 10.8. The number of ketones is 1. The average molecular weight is 297 g/mol. The average Bonchev–Trinajstić information content (AvgIpc) is 2.83. The molecule has 0 amide bonds. The summed E-state index contributed by atoms with van der Waals surface area (Å²) in [5.41, 5.74) is 0.925. The molecule has 22 heavy (non-hydrogen) atoms. The van der Waals surface area contributed by atoms with Crippen molar-refractivity contribution in [3.8, 4) is 11.5 Å². The van der Waals surface area contributed by atoms with Gasteiger partial charge in [-0.15, -0.1) is 0 Å². The molecule has 1 aliphatic heterocycles. The highest BCUT2D eigenvalue weighted by molar-refractivity contribution is 6.14. The van der Waals surface area contributed by atoms with Crippen LogP contribution >= 0.6 is 0 Å². The van der Waals surface area contributed by atoms with E-state index in [1.165, 1.54) is 25.3 Å². The summed E-state index contributed by atoms with van der Waals surface area (Å²) in [5.74, 6) is 0.872. The lowest BCUT2D eigenvalue weighted by Gasteiger charge is -2.01. The summed E-state index contributed by atoms with van der Waals surface area (Å²) < 4.78 is 10.6. The van der Waals surface area contributed by atoms with Crippen molar-refractivity contribution in [2.75, 3.05) is 7.11 Å². The Morgan fingerprint density at radius 3 is 2.77 bits per heavy atom. The van der Waals surface area contributed by atoms with E-state index in [1.807, 2.05) is 0 Å². The van der Waals surface area contributed by atoms with E-state index < -0.39 is 4.92 Å². The van der Waals surface area contributed by atoms with Gasteiger partial charge < -0.3 is 9.47 Å². The number of ether oxygens (including phenoxy) is 2. The third-order valence-electron chi connectivity index (χ3n) is 3.26. The van der Waals surface area contributed by atoms with E-state index in [2.05, 4.69) is 0 Å². The Balaban J connectivity index is 1.95. The van der Waals surface area contributed by atoms with Gasteiger partial charge >= 0.3 is 0 Å². The van der Waals surface area contributed by atoms with Crippen molar-refractivity contribution in [1.29, 1.82) is 0 Å². The summed E-state index contributed by atoms with van der Waals surface area (Å²) in [4.78, 5) is 22.5. The van der Waals surface area contributed by atoms with E-state index in [0.29, 0.717) is 22.6 Å². The second-order valence-corrected chi connectivity index (χ2v) is 4.65. The third kappa shape index (κ3) is 2.42. The maximum Gasteiger partial charge on any atom is 0.270 e. The van der Waals surface area contributed by atoms with Gasteiger partial charge in [0.25, 0.3) is 5.69 Å². The zero-order chi connectivity index (χ0) is 15.7. The molecule has 1 aliphatic rings. The van der Waals surface area contributed by atoms with Crippen molar-refractivity contribution in [2.45, 2.75) is 0 Å². The first-order valence-electron chi connectivity index (χ1n) is 6.45. The van der Waals surface area contributed by atoms with Crippen LogP contribution in [0, 0.1) is 10.1 Å². The number of nitro groups is 1. The first-order chi connectivity index (χ1) is 10.6. The number of benzene rings is 2. The number of carbonyl (C=O) groups excluding carboxylic acids is 1. The summed E-state index contributed by atoms with van der Waals surface area (Å²) in [6, 6.07) is 10.9. The van der Waals surface area contributed by atoms with Crippen molar-refractivity contribution in [3.05, 3.63) is 69.5 Å². The summed E-state index contributed by atoms with van der Waals surface area (Å²) in [6.45, 7) is 0. The Labute approximate surface area is 125 Å². The number of fused-ring (bicyclic) bond motifs is 1. The quantitative estimate of drug-likeness (QED) is 0.494. The van der Waals surface area contributed by atoms with E-state index in [1.54, 1.807) is 30.3 Å². The van der Waals surface area contributed by atoms with Crippen molar-refractivity contribution in [1.82, 2.24) is 0 Å². The molecule has 0 saturated carbocycles. The number of hydrogen-bond acceptors (Lipinski definition) is 5. The first-order valence-corrected chi connectivity index (χ1v) is 6.45. The van der Waals surface area contributed by atoms with Crippen LogP contribution in [0.3, 0.4) is 0 Å². The number of Topliss-reactive ketones (excluding diaryl/α,β-unsaturated/α-hetero) is 1. The van der Waals surface area contributed by atoms with Crippen molar-refractivity contribution in [2.24, 2.45) is 0 Å². The van der Waals surface area contributed by atoms with Gasteiger partial charge in [0.05, 0.1) is 17.6 Å². The highest BCUT2D eigenvalue weighted by atomic mass is 16.6. The highest BCUT2D eigenvalue weighted by Crippen LogP contribution is 2.34. The van der Waals surface area contributed by atoms with Gasteiger partial charge in [0.15, 0.2) is 5.76 Å². The number of methoxy groups -OCH3 is 1. The molecule has 0 atom stereocenters. The summed E-state index contributed by atoms with van der Waals surface area (Å²) >= 11 is 0. The van der Waals surface area contributed by atoms with E-state index in [-0.39, 0.29) is 17.2 Å². The molecule has 0 saturated heterocycles. The van der Waals surface area contributed by atoms with Crippen LogP contribution in [0.2, 0.25) is 0 Å². The van der Waals surface area contributed by atoms with Gasteiger partial charge in [0.2, 0.25) is 5.78 Å². The standard InChI is InChI=1S/C16H11NO5/c1-21-12-5-6-13-14(9-12)22-15(16(13)18)8-10-3-2-4-11(7-10)17(19)20/h2-9H,1H3. The van der Waals surface area contributed by atoms with Gasteiger partial charge in [-0.05, 0) is 23.8 Å². The van der Waals surface area contributed by atoms with Gasteiger partial charge in [-0.25, -0.2) is 0 Å². The summed E-state index contributed by atoms with van der Waals surface area (Å²) in [6.07, 6.45) is 1.49. The normalized spacial score (nSPS) is 14.6. The van der Waals surface area contributed by atoms with Gasteiger partial charge in [-0.1, -0.05) is 12.1 Å².